The normalized spacial score (nSPS) is 18.9. The first kappa shape index (κ1) is 16.2. The number of amides is 1. The molecule has 21 heavy (non-hydrogen) atoms. The SMILES string of the molecule is Cc1cc(CC2CCN(C(=O)OC(C)(C)C)C2)ccc1Cl. The predicted molar refractivity (Wildman–Crippen MR) is 85.8 cm³/mol. The fourth-order valence-electron chi connectivity index (χ4n) is 2.66. The van der Waals surface area contributed by atoms with Crippen molar-refractivity contribution in [2.45, 2.75) is 46.1 Å². The van der Waals surface area contributed by atoms with Crippen LogP contribution in [-0.2, 0) is 11.2 Å². The van der Waals surface area contributed by atoms with Crippen LogP contribution in [-0.4, -0.2) is 29.7 Å². The van der Waals surface area contributed by atoms with Gasteiger partial charge in [-0.3, -0.25) is 0 Å². The smallest absolute Gasteiger partial charge is 0.410 e. The van der Waals surface area contributed by atoms with E-state index in [-0.39, 0.29) is 6.09 Å². The van der Waals surface area contributed by atoms with E-state index in [1.165, 1.54) is 5.56 Å². The topological polar surface area (TPSA) is 29.5 Å². The van der Waals surface area contributed by atoms with Crippen molar-refractivity contribution < 1.29 is 9.53 Å². The number of aryl methyl sites for hydroxylation is 1. The van der Waals surface area contributed by atoms with Gasteiger partial charge >= 0.3 is 6.09 Å². The van der Waals surface area contributed by atoms with Gasteiger partial charge in [0.15, 0.2) is 0 Å². The molecule has 1 atom stereocenters. The van der Waals surface area contributed by atoms with Gasteiger partial charge in [0.25, 0.3) is 0 Å². The van der Waals surface area contributed by atoms with Gasteiger partial charge < -0.3 is 9.64 Å². The summed E-state index contributed by atoms with van der Waals surface area (Å²) in [6.45, 7) is 9.27. The second-order valence-corrected chi connectivity index (χ2v) is 7.28. The molecule has 1 aromatic rings. The van der Waals surface area contributed by atoms with E-state index in [0.717, 1.165) is 36.5 Å². The molecule has 1 fully saturated rings. The molecular formula is C17H24ClNO2. The molecule has 3 nitrogen and oxygen atoms in total. The van der Waals surface area contributed by atoms with Crippen molar-refractivity contribution in [1.82, 2.24) is 4.90 Å². The zero-order valence-corrected chi connectivity index (χ0v) is 14.0. The molecule has 0 radical (unpaired) electrons. The van der Waals surface area contributed by atoms with Gasteiger partial charge in [0, 0.05) is 18.1 Å². The molecule has 0 saturated carbocycles. The van der Waals surface area contributed by atoms with Crippen molar-refractivity contribution in [3.05, 3.63) is 34.3 Å². The molecule has 1 heterocycles. The lowest BCUT2D eigenvalue weighted by atomic mass is 9.98. The van der Waals surface area contributed by atoms with Gasteiger partial charge in [-0.05, 0) is 63.6 Å². The number of rotatable bonds is 2. The van der Waals surface area contributed by atoms with Crippen LogP contribution in [0.1, 0.15) is 38.3 Å². The lowest BCUT2D eigenvalue weighted by Crippen LogP contribution is -2.35. The molecule has 1 unspecified atom stereocenters. The first-order valence-electron chi connectivity index (χ1n) is 7.47. The third-order valence-corrected chi connectivity index (χ3v) is 4.11. The number of likely N-dealkylation sites (tertiary alicyclic amines) is 1. The Morgan fingerprint density at radius 1 is 1.43 bits per heavy atom. The second kappa shape index (κ2) is 6.27. The quantitative estimate of drug-likeness (QED) is 0.808. The molecular weight excluding hydrogens is 286 g/mol. The molecule has 1 aliphatic rings. The highest BCUT2D eigenvalue weighted by atomic mass is 35.5. The molecule has 0 aromatic heterocycles. The third-order valence-electron chi connectivity index (χ3n) is 3.68. The van der Waals surface area contributed by atoms with Gasteiger partial charge in [0.2, 0.25) is 0 Å². The summed E-state index contributed by atoms with van der Waals surface area (Å²) in [7, 11) is 0. The largest absolute Gasteiger partial charge is 0.444 e. The van der Waals surface area contributed by atoms with Crippen LogP contribution in [0, 0.1) is 12.8 Å². The number of halogens is 1. The maximum absolute atomic E-state index is 12.0. The Labute approximate surface area is 132 Å². The fourth-order valence-corrected chi connectivity index (χ4v) is 2.78. The number of carbonyl (C=O) groups excluding carboxylic acids is 1. The summed E-state index contributed by atoms with van der Waals surface area (Å²) in [5.41, 5.74) is 1.96. The van der Waals surface area contributed by atoms with Crippen LogP contribution < -0.4 is 0 Å². The van der Waals surface area contributed by atoms with E-state index < -0.39 is 5.60 Å². The van der Waals surface area contributed by atoms with Crippen molar-refractivity contribution in [3.63, 3.8) is 0 Å². The van der Waals surface area contributed by atoms with Crippen LogP contribution >= 0.6 is 11.6 Å². The van der Waals surface area contributed by atoms with Crippen molar-refractivity contribution >= 4 is 17.7 Å². The minimum absolute atomic E-state index is 0.197. The number of nitrogens with zero attached hydrogens (tertiary/aromatic N) is 1. The molecule has 4 heteroatoms. The second-order valence-electron chi connectivity index (χ2n) is 6.87. The predicted octanol–water partition coefficient (Wildman–Crippen LogP) is 4.45. The van der Waals surface area contributed by atoms with Crippen molar-refractivity contribution in [1.29, 1.82) is 0 Å². The molecule has 1 saturated heterocycles. The average molecular weight is 310 g/mol. The summed E-state index contributed by atoms with van der Waals surface area (Å²) in [5.74, 6) is 0.498. The van der Waals surface area contributed by atoms with E-state index in [1.807, 2.05) is 38.7 Å². The minimum Gasteiger partial charge on any atom is -0.444 e. The summed E-state index contributed by atoms with van der Waals surface area (Å²) < 4.78 is 5.42. The number of ether oxygens (including phenoxy) is 1. The Kier molecular flexibility index (Phi) is 4.82. The Hall–Kier alpha value is -1.22. The highest BCUT2D eigenvalue weighted by Gasteiger charge is 2.29. The van der Waals surface area contributed by atoms with Gasteiger partial charge in [-0.2, -0.15) is 0 Å². The van der Waals surface area contributed by atoms with E-state index >= 15 is 0 Å². The molecule has 0 bridgehead atoms. The van der Waals surface area contributed by atoms with Gasteiger partial charge in [0.1, 0.15) is 5.60 Å². The molecule has 1 aliphatic heterocycles. The Morgan fingerprint density at radius 2 is 2.14 bits per heavy atom. The lowest BCUT2D eigenvalue weighted by Gasteiger charge is -2.24. The highest BCUT2D eigenvalue weighted by molar-refractivity contribution is 6.31. The first-order valence-corrected chi connectivity index (χ1v) is 7.85. The van der Waals surface area contributed by atoms with E-state index in [9.17, 15) is 4.79 Å². The standard InChI is InChI=1S/C17H24ClNO2/c1-12-9-13(5-6-15(12)18)10-14-7-8-19(11-14)16(20)21-17(2,3)4/h5-6,9,14H,7-8,10-11H2,1-4H3. The summed E-state index contributed by atoms with van der Waals surface area (Å²) in [6.07, 6.45) is 1.82. The van der Waals surface area contributed by atoms with Gasteiger partial charge in [0.05, 0.1) is 0 Å². The van der Waals surface area contributed by atoms with Crippen LogP contribution in [0.2, 0.25) is 5.02 Å². The van der Waals surface area contributed by atoms with Crippen molar-refractivity contribution in [3.8, 4) is 0 Å². The zero-order chi connectivity index (χ0) is 15.6. The first-order chi connectivity index (χ1) is 9.74. The Morgan fingerprint density at radius 3 is 2.76 bits per heavy atom. The summed E-state index contributed by atoms with van der Waals surface area (Å²) >= 11 is 6.05. The number of benzene rings is 1. The monoisotopic (exact) mass is 309 g/mol. The van der Waals surface area contributed by atoms with Gasteiger partial charge in [-0.15, -0.1) is 0 Å². The Bertz CT molecular complexity index is 522. The van der Waals surface area contributed by atoms with Crippen molar-refractivity contribution in [2.24, 2.45) is 5.92 Å². The van der Waals surface area contributed by atoms with Crippen LogP contribution in [0.5, 0.6) is 0 Å². The fraction of sp³-hybridized carbons (Fsp3) is 0.588. The zero-order valence-electron chi connectivity index (χ0n) is 13.3. The van der Waals surface area contributed by atoms with Gasteiger partial charge in [-0.1, -0.05) is 23.7 Å². The van der Waals surface area contributed by atoms with Gasteiger partial charge in [-0.25, -0.2) is 4.79 Å². The number of hydrogen-bond donors (Lipinski definition) is 0. The number of carbonyl (C=O) groups is 1. The highest BCUT2D eigenvalue weighted by Crippen LogP contribution is 2.24. The van der Waals surface area contributed by atoms with E-state index in [0.29, 0.717) is 5.92 Å². The van der Waals surface area contributed by atoms with Crippen molar-refractivity contribution in [2.75, 3.05) is 13.1 Å². The third kappa shape index (κ3) is 4.63. The van der Waals surface area contributed by atoms with Crippen LogP contribution in [0.3, 0.4) is 0 Å². The molecule has 0 aliphatic carbocycles. The Balaban J connectivity index is 1.90. The van der Waals surface area contributed by atoms with Crippen LogP contribution in [0.15, 0.2) is 18.2 Å². The number of hydrogen-bond acceptors (Lipinski definition) is 2. The maximum Gasteiger partial charge on any atom is 0.410 e. The minimum atomic E-state index is -0.428. The molecule has 0 N–H and O–H groups in total. The summed E-state index contributed by atoms with van der Waals surface area (Å²) in [4.78, 5) is 13.9. The summed E-state index contributed by atoms with van der Waals surface area (Å²) in [5, 5.41) is 0.806. The molecule has 1 aromatic carbocycles. The maximum atomic E-state index is 12.0. The average Bonchev–Trinajstić information content (AvgIpc) is 2.80. The molecule has 116 valence electrons. The van der Waals surface area contributed by atoms with E-state index in [4.69, 9.17) is 16.3 Å². The summed E-state index contributed by atoms with van der Waals surface area (Å²) in [6, 6.07) is 6.16. The van der Waals surface area contributed by atoms with Crippen LogP contribution in [0.25, 0.3) is 0 Å². The molecule has 0 spiro atoms. The molecule has 1 amide bonds. The molecule has 2 rings (SSSR count). The van der Waals surface area contributed by atoms with E-state index in [1.54, 1.807) is 0 Å². The van der Waals surface area contributed by atoms with Crippen LogP contribution in [0.4, 0.5) is 4.79 Å². The van der Waals surface area contributed by atoms with E-state index in [2.05, 4.69) is 12.1 Å². The lowest BCUT2D eigenvalue weighted by molar-refractivity contribution is 0.0288.